The molecule has 0 fully saturated rings. The van der Waals surface area contributed by atoms with E-state index in [-0.39, 0.29) is 6.10 Å². The van der Waals surface area contributed by atoms with E-state index < -0.39 is 0 Å². The van der Waals surface area contributed by atoms with Crippen LogP contribution in [0, 0.1) is 0 Å². The van der Waals surface area contributed by atoms with E-state index in [0.29, 0.717) is 6.04 Å². The van der Waals surface area contributed by atoms with Crippen molar-refractivity contribution in [1.82, 2.24) is 10.3 Å². The highest BCUT2D eigenvalue weighted by Crippen LogP contribution is 2.30. The lowest BCUT2D eigenvalue weighted by Crippen LogP contribution is -2.44. The molecule has 1 aliphatic heterocycles. The van der Waals surface area contributed by atoms with Gasteiger partial charge in [0.1, 0.15) is 11.9 Å². The summed E-state index contributed by atoms with van der Waals surface area (Å²) in [4.78, 5) is 4.41. The molecule has 0 saturated carbocycles. The molecule has 3 rings (SSSR count). The third-order valence-corrected chi connectivity index (χ3v) is 4.46. The topological polar surface area (TPSA) is 34.2 Å². The van der Waals surface area contributed by atoms with E-state index in [1.807, 2.05) is 17.6 Å². The molecule has 2 heterocycles. The molecule has 1 N–H and O–H groups in total. The number of hydrogen-bond acceptors (Lipinski definition) is 4. The highest BCUT2D eigenvalue weighted by atomic mass is 32.1. The van der Waals surface area contributed by atoms with Crippen molar-refractivity contribution in [2.24, 2.45) is 0 Å². The minimum Gasteiger partial charge on any atom is -0.488 e. The monoisotopic (exact) mass is 288 g/mol. The lowest BCUT2D eigenvalue weighted by atomic mass is 10.0. The molecule has 0 amide bonds. The fourth-order valence-corrected chi connectivity index (χ4v) is 3.32. The van der Waals surface area contributed by atoms with Crippen molar-refractivity contribution >= 4 is 11.3 Å². The number of nitrogens with one attached hydrogen (secondary N) is 1. The standard InChI is InChI=1S/C16H20N2OS/c1-2-7-17-13(11-16-18-8-9-20-16)15-10-12-5-3-4-6-14(12)19-15/h3-6,8-9,13,15,17H,2,7,10-11H2,1H3. The summed E-state index contributed by atoms with van der Waals surface area (Å²) in [5.74, 6) is 1.04. The van der Waals surface area contributed by atoms with Gasteiger partial charge in [-0.2, -0.15) is 0 Å². The number of thiazole rings is 1. The van der Waals surface area contributed by atoms with Gasteiger partial charge < -0.3 is 10.1 Å². The first-order valence-electron chi connectivity index (χ1n) is 7.23. The largest absolute Gasteiger partial charge is 0.488 e. The van der Waals surface area contributed by atoms with Crippen LogP contribution in [0.5, 0.6) is 5.75 Å². The highest BCUT2D eigenvalue weighted by Gasteiger charge is 2.30. The smallest absolute Gasteiger partial charge is 0.123 e. The SMILES string of the molecule is CCCNC(Cc1nccs1)C1Cc2ccccc2O1. The minimum absolute atomic E-state index is 0.211. The Morgan fingerprint density at radius 1 is 1.45 bits per heavy atom. The van der Waals surface area contributed by atoms with E-state index in [9.17, 15) is 0 Å². The number of hydrogen-bond donors (Lipinski definition) is 1. The average molecular weight is 288 g/mol. The highest BCUT2D eigenvalue weighted by molar-refractivity contribution is 7.09. The van der Waals surface area contributed by atoms with Crippen molar-refractivity contribution in [1.29, 1.82) is 0 Å². The molecule has 0 spiro atoms. The van der Waals surface area contributed by atoms with Crippen LogP contribution in [0.1, 0.15) is 23.9 Å². The van der Waals surface area contributed by atoms with Crippen LogP contribution in [0.2, 0.25) is 0 Å². The Hall–Kier alpha value is -1.39. The molecule has 4 heteroatoms. The maximum Gasteiger partial charge on any atom is 0.123 e. The number of benzene rings is 1. The van der Waals surface area contributed by atoms with Gasteiger partial charge >= 0.3 is 0 Å². The van der Waals surface area contributed by atoms with Crippen LogP contribution < -0.4 is 10.1 Å². The zero-order valence-electron chi connectivity index (χ0n) is 11.7. The zero-order chi connectivity index (χ0) is 13.8. The van der Waals surface area contributed by atoms with Gasteiger partial charge in [-0.3, -0.25) is 0 Å². The Labute approximate surface area is 124 Å². The first-order chi connectivity index (χ1) is 9.86. The van der Waals surface area contributed by atoms with Gasteiger partial charge in [0, 0.05) is 24.4 Å². The van der Waals surface area contributed by atoms with Gasteiger partial charge in [-0.25, -0.2) is 4.98 Å². The predicted molar refractivity (Wildman–Crippen MR) is 82.5 cm³/mol. The molecule has 106 valence electrons. The Balaban J connectivity index is 1.70. The molecular formula is C16H20N2OS. The number of para-hydroxylation sites is 1. The summed E-state index contributed by atoms with van der Waals surface area (Å²) in [6.45, 7) is 3.21. The maximum atomic E-state index is 6.13. The van der Waals surface area contributed by atoms with Gasteiger partial charge in [-0.05, 0) is 24.6 Å². The van der Waals surface area contributed by atoms with Gasteiger partial charge in [-0.15, -0.1) is 11.3 Å². The van der Waals surface area contributed by atoms with Gasteiger partial charge in [0.25, 0.3) is 0 Å². The molecular weight excluding hydrogens is 268 g/mol. The van der Waals surface area contributed by atoms with Crippen LogP contribution in [-0.2, 0) is 12.8 Å². The summed E-state index contributed by atoms with van der Waals surface area (Å²) in [5.41, 5.74) is 1.32. The van der Waals surface area contributed by atoms with Crippen LogP contribution in [0.3, 0.4) is 0 Å². The Bertz CT molecular complexity index is 516. The van der Waals surface area contributed by atoms with Crippen LogP contribution in [0.4, 0.5) is 0 Å². The number of ether oxygens (including phenoxy) is 1. The second kappa shape index (κ2) is 6.37. The first-order valence-corrected chi connectivity index (χ1v) is 8.11. The number of fused-ring (bicyclic) bond motifs is 1. The molecule has 0 saturated heterocycles. The summed E-state index contributed by atoms with van der Waals surface area (Å²) in [7, 11) is 0. The summed E-state index contributed by atoms with van der Waals surface area (Å²) in [5, 5.41) is 6.84. The maximum absolute atomic E-state index is 6.13. The van der Waals surface area contributed by atoms with Gasteiger partial charge in [-0.1, -0.05) is 25.1 Å². The van der Waals surface area contributed by atoms with E-state index >= 15 is 0 Å². The molecule has 0 radical (unpaired) electrons. The van der Waals surface area contributed by atoms with Crippen LogP contribution in [-0.4, -0.2) is 23.7 Å². The van der Waals surface area contributed by atoms with Crippen molar-refractivity contribution in [2.75, 3.05) is 6.54 Å². The Morgan fingerprint density at radius 3 is 3.10 bits per heavy atom. The van der Waals surface area contributed by atoms with Gasteiger partial charge in [0.05, 0.1) is 11.0 Å². The number of aromatic nitrogens is 1. The minimum atomic E-state index is 0.211. The van der Waals surface area contributed by atoms with E-state index in [0.717, 1.165) is 31.6 Å². The van der Waals surface area contributed by atoms with Crippen LogP contribution in [0.15, 0.2) is 35.8 Å². The lowest BCUT2D eigenvalue weighted by molar-refractivity contribution is 0.177. The second-order valence-electron chi connectivity index (χ2n) is 5.16. The molecule has 2 atom stereocenters. The van der Waals surface area contributed by atoms with E-state index in [1.54, 1.807) is 11.3 Å². The summed E-state index contributed by atoms with van der Waals surface area (Å²) >= 11 is 1.72. The molecule has 2 unspecified atom stereocenters. The third kappa shape index (κ3) is 3.02. The summed E-state index contributed by atoms with van der Waals surface area (Å²) < 4.78 is 6.13. The van der Waals surface area contributed by atoms with Crippen LogP contribution >= 0.6 is 11.3 Å². The number of nitrogens with zero attached hydrogens (tertiary/aromatic N) is 1. The van der Waals surface area contributed by atoms with Crippen molar-refractivity contribution < 1.29 is 4.74 Å². The van der Waals surface area contributed by atoms with E-state index in [2.05, 4.69) is 35.4 Å². The molecule has 0 bridgehead atoms. The quantitative estimate of drug-likeness (QED) is 0.887. The lowest BCUT2D eigenvalue weighted by Gasteiger charge is -2.23. The summed E-state index contributed by atoms with van der Waals surface area (Å²) in [6, 6.07) is 8.68. The van der Waals surface area contributed by atoms with Gasteiger partial charge in [0.2, 0.25) is 0 Å². The molecule has 1 aliphatic rings. The molecule has 3 nitrogen and oxygen atoms in total. The average Bonchev–Trinajstić information content (AvgIpc) is 3.12. The molecule has 0 aliphatic carbocycles. The van der Waals surface area contributed by atoms with Crippen molar-refractivity contribution in [3.8, 4) is 5.75 Å². The number of rotatable bonds is 6. The fraction of sp³-hybridized carbons (Fsp3) is 0.438. The molecule has 1 aromatic heterocycles. The fourth-order valence-electron chi connectivity index (χ4n) is 2.64. The second-order valence-corrected chi connectivity index (χ2v) is 6.14. The Morgan fingerprint density at radius 2 is 2.35 bits per heavy atom. The molecule has 1 aromatic carbocycles. The van der Waals surface area contributed by atoms with Crippen LogP contribution in [0.25, 0.3) is 0 Å². The normalized spacial score (nSPS) is 18.6. The van der Waals surface area contributed by atoms with E-state index in [4.69, 9.17) is 4.74 Å². The first kappa shape index (κ1) is 13.6. The van der Waals surface area contributed by atoms with Crippen molar-refractivity contribution in [3.63, 3.8) is 0 Å². The molecule has 20 heavy (non-hydrogen) atoms. The van der Waals surface area contributed by atoms with Gasteiger partial charge in [0.15, 0.2) is 0 Å². The van der Waals surface area contributed by atoms with E-state index in [1.165, 1.54) is 10.6 Å². The summed E-state index contributed by atoms with van der Waals surface area (Å²) in [6.07, 6.45) is 5.15. The Kier molecular flexibility index (Phi) is 4.33. The predicted octanol–water partition coefficient (Wildman–Crippen LogP) is 3.06. The zero-order valence-corrected chi connectivity index (χ0v) is 12.5. The van der Waals surface area contributed by atoms with Crippen molar-refractivity contribution in [2.45, 2.75) is 38.3 Å². The third-order valence-electron chi connectivity index (χ3n) is 3.66. The van der Waals surface area contributed by atoms with Crippen molar-refractivity contribution in [3.05, 3.63) is 46.4 Å². The molecule has 2 aromatic rings.